The van der Waals surface area contributed by atoms with Crippen molar-refractivity contribution in [2.75, 3.05) is 24.5 Å². The van der Waals surface area contributed by atoms with Gasteiger partial charge in [-0.05, 0) is 25.1 Å². The molecule has 3 heterocycles. The van der Waals surface area contributed by atoms with Gasteiger partial charge >= 0.3 is 0 Å². The number of fused-ring (bicyclic) bond motifs is 1. The summed E-state index contributed by atoms with van der Waals surface area (Å²) in [6.45, 7) is 3.40. The number of aromatic nitrogens is 1. The smallest absolute Gasteiger partial charge is 0.297 e. The Kier molecular flexibility index (Phi) is 4.40. The molecule has 2 aromatic rings. The van der Waals surface area contributed by atoms with Gasteiger partial charge in [0, 0.05) is 13.1 Å². The third-order valence-corrected chi connectivity index (χ3v) is 6.96. The Balaban J connectivity index is 1.57. The number of hydrogen-bond acceptors (Lipinski definition) is 6. The van der Waals surface area contributed by atoms with Gasteiger partial charge in [-0.2, -0.15) is 8.42 Å². The lowest BCUT2D eigenvalue weighted by molar-refractivity contribution is 0.00892. The summed E-state index contributed by atoms with van der Waals surface area (Å²) in [6.07, 6.45) is 1.63. The number of aryl methyl sites for hydroxylation is 1. The zero-order chi connectivity index (χ0) is 18.5. The Morgan fingerprint density at radius 2 is 2.04 bits per heavy atom. The molecule has 0 spiro atoms. The molecule has 9 heteroatoms. The Morgan fingerprint density at radius 3 is 2.65 bits per heavy atom. The molecule has 0 radical (unpaired) electrons. The fourth-order valence-corrected chi connectivity index (χ4v) is 4.84. The molecule has 2 atom stereocenters. The quantitative estimate of drug-likeness (QED) is 0.613. The van der Waals surface area contributed by atoms with E-state index < -0.39 is 15.7 Å². The molecule has 26 heavy (non-hydrogen) atoms. The van der Waals surface area contributed by atoms with Crippen LogP contribution in [0.1, 0.15) is 5.56 Å². The Labute approximate surface area is 162 Å². The van der Waals surface area contributed by atoms with Gasteiger partial charge in [-0.15, -0.1) is 0 Å². The first kappa shape index (κ1) is 18.0. The number of anilines is 1. The summed E-state index contributed by atoms with van der Waals surface area (Å²) in [5.41, 5.74) is 0.978. The van der Waals surface area contributed by atoms with Crippen molar-refractivity contribution in [2.45, 2.75) is 23.5 Å². The minimum atomic E-state index is -3.85. The van der Waals surface area contributed by atoms with Crippen LogP contribution in [0.3, 0.4) is 0 Å². The first-order valence-corrected chi connectivity index (χ1v) is 10.3. The maximum Gasteiger partial charge on any atom is 0.297 e. The molecule has 0 amide bonds. The largest absolute Gasteiger partial charge is 0.365 e. The topological polar surface area (TPSA) is 71.5 Å². The zero-order valence-electron chi connectivity index (χ0n) is 13.9. The lowest BCUT2D eigenvalue weighted by atomic mass is 9.90. The van der Waals surface area contributed by atoms with Gasteiger partial charge < -0.3 is 10.2 Å². The molecule has 2 fully saturated rings. The van der Waals surface area contributed by atoms with Gasteiger partial charge in [0.25, 0.3) is 10.1 Å². The van der Waals surface area contributed by atoms with Gasteiger partial charge in [0.2, 0.25) is 0 Å². The van der Waals surface area contributed by atoms with Gasteiger partial charge in [-0.25, -0.2) is 4.98 Å². The molecule has 4 rings (SSSR count). The van der Waals surface area contributed by atoms with Crippen LogP contribution >= 0.6 is 23.2 Å². The highest BCUT2D eigenvalue weighted by Crippen LogP contribution is 2.38. The highest BCUT2D eigenvalue weighted by molar-refractivity contribution is 7.86. The van der Waals surface area contributed by atoms with Crippen molar-refractivity contribution in [2.24, 2.45) is 0 Å². The molecule has 6 nitrogen and oxygen atoms in total. The highest BCUT2D eigenvalue weighted by Gasteiger charge is 2.57. The maximum absolute atomic E-state index is 12.7. The number of rotatable bonds is 4. The molecule has 0 bridgehead atoms. The van der Waals surface area contributed by atoms with Gasteiger partial charge in [-0.1, -0.05) is 40.9 Å². The number of benzene rings is 1. The molecule has 2 aliphatic heterocycles. The minimum absolute atomic E-state index is 0.0859. The third-order valence-electron chi connectivity index (χ3n) is 4.88. The zero-order valence-corrected chi connectivity index (χ0v) is 16.3. The van der Waals surface area contributed by atoms with Crippen LogP contribution in [0, 0.1) is 6.92 Å². The van der Waals surface area contributed by atoms with E-state index in [0.717, 1.165) is 11.3 Å². The van der Waals surface area contributed by atoms with Crippen LogP contribution in [0.5, 0.6) is 0 Å². The van der Waals surface area contributed by atoms with E-state index in [0.29, 0.717) is 24.7 Å². The van der Waals surface area contributed by atoms with Gasteiger partial charge in [0.1, 0.15) is 10.8 Å². The predicted octanol–water partition coefficient (Wildman–Crippen LogP) is 2.63. The van der Waals surface area contributed by atoms with Crippen molar-refractivity contribution < 1.29 is 12.6 Å². The van der Waals surface area contributed by atoms with Crippen LogP contribution in [0.4, 0.5) is 5.69 Å². The molecule has 1 aromatic carbocycles. The summed E-state index contributed by atoms with van der Waals surface area (Å²) >= 11 is 11.9. The third kappa shape index (κ3) is 3.08. The average molecular weight is 414 g/mol. The van der Waals surface area contributed by atoms with Crippen LogP contribution in [0.15, 0.2) is 41.4 Å². The highest BCUT2D eigenvalue weighted by atomic mass is 35.5. The molecular formula is C17H17Cl2N3O3S. The molecule has 2 saturated heterocycles. The van der Waals surface area contributed by atoms with Crippen molar-refractivity contribution in [3.8, 4) is 0 Å². The standard InChI is InChI=1S/C17H17Cl2N3O3S/c1-11-2-4-13(5-3-11)26(23,24)25-17-9-21-15(17)8-22(10-17)12-6-14(18)16(19)20-7-12/h2-7,15,21H,8-10H2,1H3/t15-,17+/m1/s1. The lowest BCUT2D eigenvalue weighted by Crippen LogP contribution is -2.69. The average Bonchev–Trinajstić information content (AvgIpc) is 2.82. The SMILES string of the molecule is Cc1ccc(S(=O)(=O)O[C@]23CN[C@@H]2CN(c2cnc(Cl)c(Cl)c2)C3)cc1. The van der Waals surface area contributed by atoms with E-state index in [2.05, 4.69) is 10.3 Å². The summed E-state index contributed by atoms with van der Waals surface area (Å²) in [5.74, 6) is 0. The van der Waals surface area contributed by atoms with Gasteiger partial charge in [0.15, 0.2) is 0 Å². The van der Waals surface area contributed by atoms with Crippen LogP contribution in [-0.2, 0) is 14.3 Å². The molecule has 138 valence electrons. The van der Waals surface area contributed by atoms with Crippen molar-refractivity contribution >= 4 is 39.0 Å². The number of nitrogens with zero attached hydrogens (tertiary/aromatic N) is 2. The van der Waals surface area contributed by atoms with E-state index in [4.69, 9.17) is 27.4 Å². The van der Waals surface area contributed by atoms with Crippen LogP contribution < -0.4 is 10.2 Å². The van der Waals surface area contributed by atoms with Crippen molar-refractivity contribution in [1.29, 1.82) is 0 Å². The van der Waals surface area contributed by atoms with E-state index in [9.17, 15) is 8.42 Å². The van der Waals surface area contributed by atoms with E-state index >= 15 is 0 Å². The van der Waals surface area contributed by atoms with E-state index in [1.165, 1.54) is 0 Å². The second-order valence-electron chi connectivity index (χ2n) is 6.70. The van der Waals surface area contributed by atoms with Crippen molar-refractivity contribution in [3.63, 3.8) is 0 Å². The summed E-state index contributed by atoms with van der Waals surface area (Å²) in [5, 5.41) is 3.85. The van der Waals surface area contributed by atoms with Crippen LogP contribution in [-0.4, -0.2) is 44.7 Å². The molecule has 0 aliphatic carbocycles. The molecular weight excluding hydrogens is 397 g/mol. The second-order valence-corrected chi connectivity index (χ2v) is 9.01. The Bertz CT molecular complexity index is 952. The van der Waals surface area contributed by atoms with E-state index in [-0.39, 0.29) is 16.1 Å². The summed E-state index contributed by atoms with van der Waals surface area (Å²) in [6, 6.07) is 8.29. The maximum atomic E-state index is 12.7. The summed E-state index contributed by atoms with van der Waals surface area (Å²) < 4.78 is 31.1. The van der Waals surface area contributed by atoms with E-state index in [1.807, 2.05) is 11.8 Å². The minimum Gasteiger partial charge on any atom is -0.365 e. The molecule has 0 saturated carbocycles. The Morgan fingerprint density at radius 1 is 1.31 bits per heavy atom. The van der Waals surface area contributed by atoms with Crippen LogP contribution in [0.25, 0.3) is 0 Å². The number of halogens is 2. The van der Waals surface area contributed by atoms with Gasteiger partial charge in [-0.3, -0.25) is 4.18 Å². The lowest BCUT2D eigenvalue weighted by Gasteiger charge is -2.43. The molecule has 0 unspecified atom stereocenters. The monoisotopic (exact) mass is 413 g/mol. The Hall–Kier alpha value is -1.38. The second kappa shape index (κ2) is 6.35. The first-order valence-electron chi connectivity index (χ1n) is 8.11. The van der Waals surface area contributed by atoms with Crippen LogP contribution in [0.2, 0.25) is 10.2 Å². The number of pyridine rings is 1. The van der Waals surface area contributed by atoms with Crippen molar-refractivity contribution in [3.05, 3.63) is 52.3 Å². The predicted molar refractivity (Wildman–Crippen MR) is 100 cm³/mol. The normalized spacial score (nSPS) is 25.0. The van der Waals surface area contributed by atoms with Crippen molar-refractivity contribution in [1.82, 2.24) is 10.3 Å². The molecule has 1 aromatic heterocycles. The van der Waals surface area contributed by atoms with Gasteiger partial charge in [0.05, 0.1) is 34.4 Å². The fourth-order valence-electron chi connectivity index (χ4n) is 3.35. The number of hydrogen-bond donors (Lipinski definition) is 1. The summed E-state index contributed by atoms with van der Waals surface area (Å²) in [4.78, 5) is 6.23. The van der Waals surface area contributed by atoms with E-state index in [1.54, 1.807) is 36.5 Å². The molecule has 2 aliphatic rings. The first-order chi connectivity index (χ1) is 12.3. The molecule has 1 N–H and O–H groups in total. The fraction of sp³-hybridized carbons (Fsp3) is 0.353. The summed E-state index contributed by atoms with van der Waals surface area (Å²) in [7, 11) is -3.85. The number of nitrogens with one attached hydrogen (secondary N) is 1.